The van der Waals surface area contributed by atoms with E-state index in [1.165, 1.54) is 0 Å². The number of anilines is 1. The smallest absolute Gasteiger partial charge is 0.257 e. The normalized spacial score (nSPS) is 9.41. The van der Waals surface area contributed by atoms with Crippen LogP contribution in [0.1, 0.15) is 6.42 Å². The van der Waals surface area contributed by atoms with Crippen LogP contribution in [-0.2, 0) is 4.79 Å². The number of nitrogens with zero attached hydrogens (tertiary/aromatic N) is 1. The maximum atomic E-state index is 11.3. The first-order valence-corrected chi connectivity index (χ1v) is 5.75. The molecule has 1 aromatic rings. The molecule has 3 N–H and O–H groups in total. The molecule has 0 aliphatic carbocycles. The summed E-state index contributed by atoms with van der Waals surface area (Å²) in [6.07, 6.45) is 0.285. The number of hydrogen-bond acceptors (Lipinski definition) is 4. The fraction of sp³-hybridized carbons (Fsp3) is 0.273. The third-order valence-electron chi connectivity index (χ3n) is 1.91. The molecule has 0 fully saturated rings. The molecule has 0 unspecified atom stereocenters. The molecule has 0 aromatic heterocycles. The second kappa shape index (κ2) is 6.76. The Labute approximate surface area is 108 Å². The number of ether oxygens (including phenoxy) is 1. The molecule has 1 rings (SSSR count). The minimum absolute atomic E-state index is 0.104. The quantitative estimate of drug-likeness (QED) is 0.636. The zero-order chi connectivity index (χ0) is 12.7. The Hall–Kier alpha value is -1.74. The molecule has 17 heavy (non-hydrogen) atoms. The Balaban J connectivity index is 2.43. The van der Waals surface area contributed by atoms with Gasteiger partial charge in [0.2, 0.25) is 0 Å². The van der Waals surface area contributed by atoms with Crippen molar-refractivity contribution in [1.29, 1.82) is 5.26 Å². The third kappa shape index (κ3) is 4.33. The number of nitrogens with one attached hydrogen (secondary N) is 1. The molecule has 0 spiro atoms. The standard InChI is InChI=1S/C11H12BrN3O2/c12-11-8(14)3-1-4-9(11)17-7-10(16)15-6-2-5-13/h1,3-4H,2,6-7,14H2,(H,15,16). The number of hydrogen-bond donors (Lipinski definition) is 2. The molecule has 5 nitrogen and oxygen atoms in total. The van der Waals surface area contributed by atoms with Gasteiger partial charge in [-0.1, -0.05) is 6.07 Å². The molecular weight excluding hydrogens is 286 g/mol. The summed E-state index contributed by atoms with van der Waals surface area (Å²) < 4.78 is 5.92. The summed E-state index contributed by atoms with van der Waals surface area (Å²) in [5, 5.41) is 10.9. The topological polar surface area (TPSA) is 88.1 Å². The van der Waals surface area contributed by atoms with Crippen molar-refractivity contribution in [3.05, 3.63) is 22.7 Å². The van der Waals surface area contributed by atoms with E-state index >= 15 is 0 Å². The maximum Gasteiger partial charge on any atom is 0.257 e. The highest BCUT2D eigenvalue weighted by molar-refractivity contribution is 9.10. The van der Waals surface area contributed by atoms with Gasteiger partial charge in [0.25, 0.3) is 5.91 Å². The van der Waals surface area contributed by atoms with Gasteiger partial charge in [-0.2, -0.15) is 5.26 Å². The SMILES string of the molecule is N#CCCNC(=O)COc1cccc(N)c1Br. The number of nitrogens with two attached hydrogens (primary N) is 1. The van der Waals surface area contributed by atoms with Crippen molar-refractivity contribution < 1.29 is 9.53 Å². The monoisotopic (exact) mass is 297 g/mol. The van der Waals surface area contributed by atoms with Crippen LogP contribution in [-0.4, -0.2) is 19.1 Å². The molecule has 90 valence electrons. The number of carbonyl (C=O) groups is 1. The Morgan fingerprint density at radius 2 is 2.35 bits per heavy atom. The van der Waals surface area contributed by atoms with E-state index in [4.69, 9.17) is 15.7 Å². The van der Waals surface area contributed by atoms with Gasteiger partial charge in [-0.25, -0.2) is 0 Å². The highest BCUT2D eigenvalue weighted by atomic mass is 79.9. The molecule has 0 saturated carbocycles. The van der Waals surface area contributed by atoms with E-state index < -0.39 is 0 Å². The molecule has 0 heterocycles. The van der Waals surface area contributed by atoms with Crippen molar-refractivity contribution >= 4 is 27.5 Å². The minimum atomic E-state index is -0.269. The Bertz CT molecular complexity index is 443. The lowest BCUT2D eigenvalue weighted by molar-refractivity contribution is -0.123. The van der Waals surface area contributed by atoms with Gasteiger partial charge >= 0.3 is 0 Å². The first-order chi connectivity index (χ1) is 8.15. The summed E-state index contributed by atoms with van der Waals surface area (Å²) in [4.78, 5) is 11.3. The van der Waals surface area contributed by atoms with Gasteiger partial charge in [-0.15, -0.1) is 0 Å². The van der Waals surface area contributed by atoms with E-state index in [1.54, 1.807) is 18.2 Å². The summed E-state index contributed by atoms with van der Waals surface area (Å²) in [5.41, 5.74) is 6.21. The van der Waals surface area contributed by atoms with Crippen LogP contribution in [0.4, 0.5) is 5.69 Å². The number of amides is 1. The lowest BCUT2D eigenvalue weighted by Gasteiger charge is -2.09. The highest BCUT2D eigenvalue weighted by Crippen LogP contribution is 2.29. The van der Waals surface area contributed by atoms with Crippen LogP contribution in [0, 0.1) is 11.3 Å². The predicted octanol–water partition coefficient (Wildman–Crippen LogP) is 1.44. The van der Waals surface area contributed by atoms with Gasteiger partial charge < -0.3 is 15.8 Å². The lowest BCUT2D eigenvalue weighted by Crippen LogP contribution is -2.29. The zero-order valence-corrected chi connectivity index (χ0v) is 10.7. The van der Waals surface area contributed by atoms with Gasteiger partial charge in [0.05, 0.1) is 17.0 Å². The molecule has 1 aromatic carbocycles. The van der Waals surface area contributed by atoms with Crippen LogP contribution in [0.25, 0.3) is 0 Å². The molecule has 0 bridgehead atoms. The number of nitriles is 1. The minimum Gasteiger partial charge on any atom is -0.483 e. The van der Waals surface area contributed by atoms with Gasteiger partial charge in [0.1, 0.15) is 5.75 Å². The molecule has 1 amide bonds. The third-order valence-corrected chi connectivity index (χ3v) is 2.76. The average Bonchev–Trinajstić information content (AvgIpc) is 2.31. The maximum absolute atomic E-state index is 11.3. The predicted molar refractivity (Wildman–Crippen MR) is 67.3 cm³/mol. The van der Waals surface area contributed by atoms with Crippen LogP contribution in [0.5, 0.6) is 5.75 Å². The van der Waals surface area contributed by atoms with E-state index in [0.29, 0.717) is 22.5 Å². The van der Waals surface area contributed by atoms with E-state index in [2.05, 4.69) is 21.2 Å². The number of halogens is 1. The summed E-state index contributed by atoms with van der Waals surface area (Å²) in [6, 6.07) is 7.11. The van der Waals surface area contributed by atoms with Crippen molar-refractivity contribution in [2.24, 2.45) is 0 Å². The van der Waals surface area contributed by atoms with Crippen LogP contribution >= 0.6 is 15.9 Å². The number of rotatable bonds is 5. The summed E-state index contributed by atoms with van der Waals surface area (Å²) in [5.74, 6) is 0.245. The van der Waals surface area contributed by atoms with Crippen molar-refractivity contribution in [3.63, 3.8) is 0 Å². The molecule has 0 saturated heterocycles. The van der Waals surface area contributed by atoms with Crippen molar-refractivity contribution in [2.45, 2.75) is 6.42 Å². The molecular formula is C11H12BrN3O2. The van der Waals surface area contributed by atoms with Crippen LogP contribution < -0.4 is 15.8 Å². The molecule has 0 radical (unpaired) electrons. The van der Waals surface area contributed by atoms with Crippen LogP contribution in [0.2, 0.25) is 0 Å². The Morgan fingerprint density at radius 3 is 3.06 bits per heavy atom. The number of benzene rings is 1. The fourth-order valence-corrected chi connectivity index (χ4v) is 1.47. The van der Waals surface area contributed by atoms with E-state index in [0.717, 1.165) is 0 Å². The summed E-state index contributed by atoms with van der Waals surface area (Å²) in [6.45, 7) is 0.226. The van der Waals surface area contributed by atoms with E-state index in [9.17, 15) is 4.79 Å². The van der Waals surface area contributed by atoms with E-state index in [-0.39, 0.29) is 18.9 Å². The van der Waals surface area contributed by atoms with Gasteiger partial charge in [0.15, 0.2) is 6.61 Å². The lowest BCUT2D eigenvalue weighted by atomic mass is 10.3. The number of nitrogen functional groups attached to an aromatic ring is 1. The van der Waals surface area contributed by atoms with Gasteiger partial charge in [-0.3, -0.25) is 4.79 Å². The van der Waals surface area contributed by atoms with Crippen LogP contribution in [0.15, 0.2) is 22.7 Å². The zero-order valence-electron chi connectivity index (χ0n) is 9.07. The first-order valence-electron chi connectivity index (χ1n) is 4.95. The van der Waals surface area contributed by atoms with Crippen LogP contribution in [0.3, 0.4) is 0 Å². The highest BCUT2D eigenvalue weighted by Gasteiger charge is 2.06. The Morgan fingerprint density at radius 1 is 1.59 bits per heavy atom. The number of carbonyl (C=O) groups excluding carboxylic acids is 1. The largest absolute Gasteiger partial charge is 0.483 e. The second-order valence-corrected chi connectivity index (χ2v) is 4.00. The Kier molecular flexibility index (Phi) is 5.30. The summed E-state index contributed by atoms with van der Waals surface area (Å²) in [7, 11) is 0. The summed E-state index contributed by atoms with van der Waals surface area (Å²) >= 11 is 3.27. The molecule has 6 heteroatoms. The van der Waals surface area contributed by atoms with Gasteiger partial charge in [-0.05, 0) is 28.1 Å². The van der Waals surface area contributed by atoms with E-state index in [1.807, 2.05) is 6.07 Å². The molecule has 0 aliphatic rings. The van der Waals surface area contributed by atoms with Crippen molar-refractivity contribution in [3.8, 4) is 11.8 Å². The fourth-order valence-electron chi connectivity index (χ4n) is 1.09. The molecule has 0 atom stereocenters. The van der Waals surface area contributed by atoms with Crippen molar-refractivity contribution in [1.82, 2.24) is 5.32 Å². The van der Waals surface area contributed by atoms with Gasteiger partial charge in [0, 0.05) is 12.2 Å². The second-order valence-electron chi connectivity index (χ2n) is 3.21. The molecule has 0 aliphatic heterocycles. The first kappa shape index (κ1) is 13.3. The van der Waals surface area contributed by atoms with Crippen molar-refractivity contribution in [2.75, 3.05) is 18.9 Å². The average molecular weight is 298 g/mol.